The summed E-state index contributed by atoms with van der Waals surface area (Å²) in [7, 11) is -3.98. The number of hydrazine groups is 1. The zero-order chi connectivity index (χ0) is 21.7. The van der Waals surface area contributed by atoms with Gasteiger partial charge >= 0.3 is 6.03 Å². The number of para-hydroxylation sites is 1. The maximum absolute atomic E-state index is 12.4. The van der Waals surface area contributed by atoms with E-state index >= 15 is 0 Å². The number of carbonyl (C=O) groups is 2. The zero-order valence-corrected chi connectivity index (χ0v) is 18.0. The lowest BCUT2D eigenvalue weighted by Gasteiger charge is -2.19. The topological polar surface area (TPSA) is 108 Å². The van der Waals surface area contributed by atoms with E-state index in [1.54, 1.807) is 43.3 Å². The van der Waals surface area contributed by atoms with E-state index in [9.17, 15) is 18.0 Å². The van der Waals surface area contributed by atoms with Gasteiger partial charge in [0.25, 0.3) is 10.0 Å². The standard InChI is InChI=1S/C19H17ClN4O4S2/c1-13-11-15(24(12-25)23-30(27,28)18-10-9-17(20)29-18)7-8-16(13)22-19(26)21-14-5-3-2-4-6-14/h2-12,23H,1H3,(H2,21,22,26). The number of benzene rings is 2. The first-order valence-corrected chi connectivity index (χ1v) is 11.2. The second-order valence-electron chi connectivity index (χ2n) is 6.07. The molecule has 0 saturated heterocycles. The normalized spacial score (nSPS) is 11.0. The molecule has 0 unspecified atom stereocenters. The van der Waals surface area contributed by atoms with Crippen LogP contribution in [0.5, 0.6) is 0 Å². The molecule has 156 valence electrons. The van der Waals surface area contributed by atoms with Crippen molar-refractivity contribution in [2.24, 2.45) is 0 Å². The van der Waals surface area contributed by atoms with Crippen LogP contribution in [0.25, 0.3) is 0 Å². The van der Waals surface area contributed by atoms with Crippen molar-refractivity contribution in [2.75, 3.05) is 15.6 Å². The number of rotatable bonds is 7. The van der Waals surface area contributed by atoms with Gasteiger partial charge in [-0.1, -0.05) is 29.8 Å². The van der Waals surface area contributed by atoms with Gasteiger partial charge in [-0.25, -0.2) is 18.2 Å². The Balaban J connectivity index is 1.72. The van der Waals surface area contributed by atoms with Crippen LogP contribution in [0.1, 0.15) is 5.56 Å². The third-order valence-electron chi connectivity index (χ3n) is 3.91. The Hall–Kier alpha value is -2.92. The molecule has 0 aliphatic heterocycles. The smallest absolute Gasteiger partial charge is 0.308 e. The van der Waals surface area contributed by atoms with Crippen molar-refractivity contribution < 1.29 is 18.0 Å². The first-order chi connectivity index (χ1) is 14.3. The molecule has 0 fully saturated rings. The van der Waals surface area contributed by atoms with E-state index in [1.165, 1.54) is 18.2 Å². The Kier molecular flexibility index (Phi) is 6.73. The Morgan fingerprint density at radius 3 is 2.40 bits per heavy atom. The van der Waals surface area contributed by atoms with Crippen molar-refractivity contribution in [1.82, 2.24) is 4.83 Å². The van der Waals surface area contributed by atoms with Gasteiger partial charge in [0.15, 0.2) is 0 Å². The highest BCUT2D eigenvalue weighted by Gasteiger charge is 2.21. The first kappa shape index (κ1) is 21.8. The SMILES string of the molecule is Cc1cc(N(C=O)NS(=O)(=O)c2ccc(Cl)s2)ccc1NC(=O)Nc1ccccc1. The Morgan fingerprint density at radius 1 is 1.07 bits per heavy atom. The fraction of sp³-hybridized carbons (Fsp3) is 0.0526. The van der Waals surface area contributed by atoms with Crippen LogP contribution in [-0.2, 0) is 14.8 Å². The van der Waals surface area contributed by atoms with E-state index < -0.39 is 16.1 Å². The average Bonchev–Trinajstić information content (AvgIpc) is 3.16. The monoisotopic (exact) mass is 464 g/mol. The summed E-state index contributed by atoms with van der Waals surface area (Å²) in [5, 5.41) is 6.25. The van der Waals surface area contributed by atoms with Crippen molar-refractivity contribution >= 4 is 62.5 Å². The van der Waals surface area contributed by atoms with Crippen molar-refractivity contribution in [3.05, 3.63) is 70.6 Å². The molecule has 11 heteroatoms. The van der Waals surface area contributed by atoms with E-state index in [0.29, 0.717) is 27.7 Å². The maximum Gasteiger partial charge on any atom is 0.323 e. The summed E-state index contributed by atoms with van der Waals surface area (Å²) in [6, 6.07) is 16.0. The molecular weight excluding hydrogens is 448 g/mol. The van der Waals surface area contributed by atoms with Gasteiger partial charge in [0, 0.05) is 11.4 Å². The Morgan fingerprint density at radius 2 is 1.80 bits per heavy atom. The molecule has 1 aromatic heterocycles. The van der Waals surface area contributed by atoms with Crippen LogP contribution in [0.3, 0.4) is 0 Å². The second-order valence-corrected chi connectivity index (χ2v) is 9.68. The molecular formula is C19H17ClN4O4S2. The molecule has 0 atom stereocenters. The minimum atomic E-state index is -3.98. The number of amides is 3. The number of sulfonamides is 1. The molecule has 3 amide bonds. The van der Waals surface area contributed by atoms with E-state index in [4.69, 9.17) is 11.6 Å². The highest BCUT2D eigenvalue weighted by atomic mass is 35.5. The molecule has 0 bridgehead atoms. The van der Waals surface area contributed by atoms with Crippen molar-refractivity contribution in [3.8, 4) is 0 Å². The van der Waals surface area contributed by atoms with E-state index in [0.717, 1.165) is 16.3 Å². The second kappa shape index (κ2) is 9.26. The lowest BCUT2D eigenvalue weighted by molar-refractivity contribution is -0.107. The van der Waals surface area contributed by atoms with Crippen LogP contribution in [0, 0.1) is 6.92 Å². The number of halogens is 1. The van der Waals surface area contributed by atoms with E-state index in [1.807, 2.05) is 6.07 Å². The third kappa shape index (κ3) is 5.36. The van der Waals surface area contributed by atoms with Gasteiger partial charge in [-0.3, -0.25) is 4.79 Å². The molecule has 3 N–H and O–H groups in total. The number of urea groups is 1. The largest absolute Gasteiger partial charge is 0.323 e. The minimum absolute atomic E-state index is 0.0214. The summed E-state index contributed by atoms with van der Waals surface area (Å²) in [6.45, 7) is 1.72. The predicted molar refractivity (Wildman–Crippen MR) is 118 cm³/mol. The molecule has 8 nitrogen and oxygen atoms in total. The summed E-state index contributed by atoms with van der Waals surface area (Å²) < 4.78 is 25.2. The van der Waals surface area contributed by atoms with Crippen LogP contribution in [0.2, 0.25) is 4.34 Å². The number of aryl methyl sites for hydroxylation is 1. The number of hydrogen-bond acceptors (Lipinski definition) is 5. The number of nitrogens with one attached hydrogen (secondary N) is 3. The van der Waals surface area contributed by atoms with Crippen LogP contribution in [-0.4, -0.2) is 20.9 Å². The molecule has 0 radical (unpaired) electrons. The quantitative estimate of drug-likeness (QED) is 0.359. The summed E-state index contributed by atoms with van der Waals surface area (Å²) in [4.78, 5) is 25.9. The lowest BCUT2D eigenvalue weighted by Crippen LogP contribution is -2.41. The summed E-state index contributed by atoms with van der Waals surface area (Å²) in [5.41, 5.74) is 2.05. The third-order valence-corrected chi connectivity index (χ3v) is 6.94. The highest BCUT2D eigenvalue weighted by Crippen LogP contribution is 2.27. The van der Waals surface area contributed by atoms with Crippen molar-refractivity contribution in [3.63, 3.8) is 0 Å². The number of carbonyl (C=O) groups excluding carboxylic acids is 2. The number of anilines is 3. The van der Waals surface area contributed by atoms with Gasteiger partial charge < -0.3 is 10.6 Å². The molecule has 3 aromatic rings. The first-order valence-electron chi connectivity index (χ1n) is 8.54. The molecule has 1 heterocycles. The van der Waals surface area contributed by atoms with E-state index in [2.05, 4.69) is 15.5 Å². The molecule has 2 aromatic carbocycles. The van der Waals surface area contributed by atoms with Crippen LogP contribution in [0.15, 0.2) is 64.9 Å². The van der Waals surface area contributed by atoms with Gasteiger partial charge in [0.2, 0.25) is 6.41 Å². The Bertz CT molecular complexity index is 1170. The van der Waals surface area contributed by atoms with Crippen LogP contribution >= 0.6 is 22.9 Å². The van der Waals surface area contributed by atoms with Crippen molar-refractivity contribution in [2.45, 2.75) is 11.1 Å². The summed E-state index contributed by atoms with van der Waals surface area (Å²) >= 11 is 6.66. The summed E-state index contributed by atoms with van der Waals surface area (Å²) in [6.07, 6.45) is 0.344. The van der Waals surface area contributed by atoms with Crippen LogP contribution in [0.4, 0.5) is 21.9 Å². The molecule has 0 spiro atoms. The van der Waals surface area contributed by atoms with Gasteiger partial charge in [-0.05, 0) is 55.0 Å². The molecule has 0 aliphatic rings. The van der Waals surface area contributed by atoms with Crippen molar-refractivity contribution in [1.29, 1.82) is 0 Å². The van der Waals surface area contributed by atoms with Crippen LogP contribution < -0.4 is 20.5 Å². The zero-order valence-electron chi connectivity index (χ0n) is 15.6. The number of thiophene rings is 1. The van der Waals surface area contributed by atoms with Gasteiger partial charge in [0.05, 0.1) is 10.0 Å². The number of nitrogens with zero attached hydrogens (tertiary/aromatic N) is 1. The van der Waals surface area contributed by atoms with E-state index in [-0.39, 0.29) is 9.90 Å². The average molecular weight is 465 g/mol. The van der Waals surface area contributed by atoms with Gasteiger partial charge in [-0.2, -0.15) is 0 Å². The molecule has 30 heavy (non-hydrogen) atoms. The predicted octanol–water partition coefficient (Wildman–Crippen LogP) is 4.21. The molecule has 0 aliphatic carbocycles. The maximum atomic E-state index is 12.4. The lowest BCUT2D eigenvalue weighted by atomic mass is 10.2. The molecule has 3 rings (SSSR count). The van der Waals surface area contributed by atoms with Gasteiger partial charge in [0.1, 0.15) is 4.21 Å². The molecule has 0 saturated carbocycles. The van der Waals surface area contributed by atoms with Gasteiger partial charge in [-0.15, -0.1) is 16.2 Å². The minimum Gasteiger partial charge on any atom is -0.308 e. The highest BCUT2D eigenvalue weighted by molar-refractivity contribution is 7.91. The fourth-order valence-electron chi connectivity index (χ4n) is 2.50. The number of hydrogen-bond donors (Lipinski definition) is 3. The fourth-order valence-corrected chi connectivity index (χ4v) is 4.97. The Labute approximate surface area is 182 Å². The summed E-state index contributed by atoms with van der Waals surface area (Å²) in [5.74, 6) is 0.